The molecule has 0 saturated heterocycles. The van der Waals surface area contributed by atoms with Gasteiger partial charge in [-0.25, -0.2) is 0 Å². The van der Waals surface area contributed by atoms with E-state index in [2.05, 4.69) is 110 Å². The van der Waals surface area contributed by atoms with Gasteiger partial charge in [-0.3, -0.25) is 0 Å². The Hall–Kier alpha value is -2.86. The third-order valence-electron chi connectivity index (χ3n) is 5.32. The summed E-state index contributed by atoms with van der Waals surface area (Å²) < 4.78 is 0. The van der Waals surface area contributed by atoms with Crippen molar-refractivity contribution in [2.45, 2.75) is 18.8 Å². The molecule has 0 aromatic heterocycles. The largest absolute Gasteiger partial charge is 0.0725 e. The van der Waals surface area contributed by atoms with Gasteiger partial charge in [0, 0.05) is 5.41 Å². The molecule has 0 heteroatoms. The third kappa shape index (κ3) is 2.85. The molecule has 0 fully saturated rings. The van der Waals surface area contributed by atoms with Crippen molar-refractivity contribution in [1.29, 1.82) is 0 Å². The molecule has 25 heavy (non-hydrogen) atoms. The fraction of sp³-hybridized carbons (Fsp3) is 0.120. The van der Waals surface area contributed by atoms with Crippen molar-refractivity contribution in [2.75, 3.05) is 0 Å². The molecule has 122 valence electrons. The maximum Gasteiger partial charge on any atom is 0.0389 e. The predicted octanol–water partition coefficient (Wildman–Crippen LogP) is 6.41. The number of rotatable bonds is 4. The monoisotopic (exact) mass is 322 g/mol. The number of hydrogen-bond donors (Lipinski definition) is 0. The van der Waals surface area contributed by atoms with Gasteiger partial charge in [0.05, 0.1) is 0 Å². The SMILES string of the molecule is CC(C1=CC(c2ccccc2)=CC1)(c1ccccc1)c1ccccc1. The Balaban J connectivity index is 1.81. The summed E-state index contributed by atoms with van der Waals surface area (Å²) in [5.74, 6) is 0. The van der Waals surface area contributed by atoms with Crippen molar-refractivity contribution in [2.24, 2.45) is 0 Å². The van der Waals surface area contributed by atoms with Gasteiger partial charge in [-0.1, -0.05) is 109 Å². The van der Waals surface area contributed by atoms with Gasteiger partial charge in [0.2, 0.25) is 0 Å². The molecule has 0 N–H and O–H groups in total. The van der Waals surface area contributed by atoms with E-state index in [1.54, 1.807) is 0 Å². The van der Waals surface area contributed by atoms with Gasteiger partial charge >= 0.3 is 0 Å². The second-order valence-electron chi connectivity index (χ2n) is 6.76. The van der Waals surface area contributed by atoms with Crippen LogP contribution in [0.3, 0.4) is 0 Å². The van der Waals surface area contributed by atoms with Crippen LogP contribution in [-0.4, -0.2) is 0 Å². The minimum absolute atomic E-state index is 0.116. The van der Waals surface area contributed by atoms with E-state index in [9.17, 15) is 0 Å². The van der Waals surface area contributed by atoms with Gasteiger partial charge in [-0.15, -0.1) is 0 Å². The quantitative estimate of drug-likeness (QED) is 0.521. The Kier molecular flexibility index (Phi) is 4.11. The number of allylic oxidation sites excluding steroid dienone is 4. The van der Waals surface area contributed by atoms with Gasteiger partial charge in [0.15, 0.2) is 0 Å². The summed E-state index contributed by atoms with van der Waals surface area (Å²) in [6.45, 7) is 2.35. The molecule has 1 aliphatic carbocycles. The van der Waals surface area contributed by atoms with E-state index in [-0.39, 0.29) is 5.41 Å². The van der Waals surface area contributed by atoms with E-state index >= 15 is 0 Å². The van der Waals surface area contributed by atoms with Gasteiger partial charge < -0.3 is 0 Å². The fourth-order valence-corrected chi connectivity index (χ4v) is 3.79. The van der Waals surface area contributed by atoms with E-state index < -0.39 is 0 Å². The van der Waals surface area contributed by atoms with Crippen molar-refractivity contribution in [1.82, 2.24) is 0 Å². The zero-order chi connectivity index (χ0) is 17.1. The standard InChI is InChI=1S/C25H22/c1-25(22-13-7-3-8-14-22,23-15-9-4-10-16-23)24-18-17-21(19-24)20-11-5-2-6-12-20/h2-17,19H,18H2,1H3. The van der Waals surface area contributed by atoms with E-state index in [0.29, 0.717) is 0 Å². The van der Waals surface area contributed by atoms with Gasteiger partial charge in [-0.05, 0) is 35.6 Å². The Labute approximate surface area is 150 Å². The van der Waals surface area contributed by atoms with Crippen LogP contribution in [0.4, 0.5) is 0 Å². The Morgan fingerprint density at radius 3 is 1.64 bits per heavy atom. The number of benzene rings is 3. The highest BCUT2D eigenvalue weighted by Gasteiger charge is 2.34. The van der Waals surface area contributed by atoms with E-state index in [1.165, 1.54) is 27.8 Å². The molecule has 0 unspecified atom stereocenters. The highest BCUT2D eigenvalue weighted by atomic mass is 14.4. The molecule has 4 rings (SSSR count). The zero-order valence-corrected chi connectivity index (χ0v) is 14.5. The first-order valence-electron chi connectivity index (χ1n) is 8.86. The van der Waals surface area contributed by atoms with Crippen molar-refractivity contribution in [3.8, 4) is 0 Å². The van der Waals surface area contributed by atoms with Gasteiger partial charge in [0.1, 0.15) is 0 Å². The van der Waals surface area contributed by atoms with Crippen molar-refractivity contribution in [3.63, 3.8) is 0 Å². The smallest absolute Gasteiger partial charge is 0.0389 e. The first-order valence-corrected chi connectivity index (χ1v) is 8.86. The molecule has 0 heterocycles. The summed E-state index contributed by atoms with van der Waals surface area (Å²) in [5.41, 5.74) is 6.64. The lowest BCUT2D eigenvalue weighted by Crippen LogP contribution is -2.25. The molecule has 0 spiro atoms. The first-order chi connectivity index (χ1) is 12.3. The van der Waals surface area contributed by atoms with Crippen LogP contribution >= 0.6 is 0 Å². The van der Waals surface area contributed by atoms with Crippen LogP contribution < -0.4 is 0 Å². The minimum atomic E-state index is -0.116. The lowest BCUT2D eigenvalue weighted by atomic mass is 9.70. The van der Waals surface area contributed by atoms with Crippen LogP contribution in [0, 0.1) is 0 Å². The lowest BCUT2D eigenvalue weighted by Gasteiger charge is -2.33. The molecule has 0 radical (unpaired) electrons. The summed E-state index contributed by atoms with van der Waals surface area (Å²) >= 11 is 0. The number of hydrogen-bond acceptors (Lipinski definition) is 0. The Bertz CT molecular complexity index is 861. The second kappa shape index (κ2) is 6.57. The fourth-order valence-electron chi connectivity index (χ4n) is 3.79. The van der Waals surface area contributed by atoms with Gasteiger partial charge in [-0.2, -0.15) is 0 Å². The summed E-state index contributed by atoms with van der Waals surface area (Å²) in [5, 5.41) is 0. The topological polar surface area (TPSA) is 0 Å². The molecule has 0 amide bonds. The maximum atomic E-state index is 2.38. The predicted molar refractivity (Wildman–Crippen MR) is 106 cm³/mol. The van der Waals surface area contributed by atoms with Crippen LogP contribution in [0.15, 0.2) is 109 Å². The molecule has 3 aromatic carbocycles. The Morgan fingerprint density at radius 2 is 1.12 bits per heavy atom. The van der Waals surface area contributed by atoms with E-state index in [4.69, 9.17) is 0 Å². The van der Waals surface area contributed by atoms with Crippen molar-refractivity contribution >= 4 is 5.57 Å². The lowest BCUT2D eigenvalue weighted by molar-refractivity contribution is 0.662. The minimum Gasteiger partial charge on any atom is -0.0725 e. The molecular formula is C25H22. The molecule has 0 nitrogen and oxygen atoms in total. The Morgan fingerprint density at radius 1 is 0.640 bits per heavy atom. The van der Waals surface area contributed by atoms with Crippen LogP contribution in [0.2, 0.25) is 0 Å². The normalized spacial score (nSPS) is 14.1. The molecule has 0 saturated carbocycles. The summed E-state index contributed by atoms with van der Waals surface area (Å²) in [6, 6.07) is 32.4. The highest BCUT2D eigenvalue weighted by molar-refractivity contribution is 5.79. The van der Waals surface area contributed by atoms with Crippen LogP contribution in [0.1, 0.15) is 30.0 Å². The highest BCUT2D eigenvalue weighted by Crippen LogP contribution is 2.44. The molecule has 0 aliphatic heterocycles. The van der Waals surface area contributed by atoms with Crippen LogP contribution in [-0.2, 0) is 5.41 Å². The average Bonchev–Trinajstić information content (AvgIpc) is 3.20. The molecule has 1 aliphatic rings. The van der Waals surface area contributed by atoms with Crippen LogP contribution in [0.25, 0.3) is 5.57 Å². The summed E-state index contributed by atoms with van der Waals surface area (Å²) in [7, 11) is 0. The van der Waals surface area contributed by atoms with Gasteiger partial charge in [0.25, 0.3) is 0 Å². The summed E-state index contributed by atoms with van der Waals surface area (Å²) in [4.78, 5) is 0. The van der Waals surface area contributed by atoms with E-state index in [0.717, 1.165) is 6.42 Å². The van der Waals surface area contributed by atoms with E-state index in [1.807, 2.05) is 0 Å². The first kappa shape index (κ1) is 15.7. The van der Waals surface area contributed by atoms with Crippen molar-refractivity contribution in [3.05, 3.63) is 125 Å². The third-order valence-corrected chi connectivity index (χ3v) is 5.32. The zero-order valence-electron chi connectivity index (χ0n) is 14.5. The molecule has 0 bridgehead atoms. The summed E-state index contributed by atoms with van der Waals surface area (Å²) in [6.07, 6.45) is 5.73. The van der Waals surface area contributed by atoms with Crippen LogP contribution in [0.5, 0.6) is 0 Å². The van der Waals surface area contributed by atoms with Crippen molar-refractivity contribution < 1.29 is 0 Å². The second-order valence-corrected chi connectivity index (χ2v) is 6.76. The molecular weight excluding hydrogens is 300 g/mol. The molecule has 0 atom stereocenters. The maximum absolute atomic E-state index is 2.38. The molecule has 3 aromatic rings. The average molecular weight is 322 g/mol.